The molecular weight excluding hydrogens is 431 g/mol. The van der Waals surface area contributed by atoms with E-state index in [0.717, 1.165) is 51.4 Å². The summed E-state index contributed by atoms with van der Waals surface area (Å²) >= 11 is 0. The average Bonchev–Trinajstić information content (AvgIpc) is 3.40. The molecule has 11 heteroatoms. The number of halogens is 3. The summed E-state index contributed by atoms with van der Waals surface area (Å²) < 4.78 is 38.0. The second-order valence-corrected chi connectivity index (χ2v) is 9.69. The number of amides is 2. The molecule has 1 spiro atoms. The fourth-order valence-corrected chi connectivity index (χ4v) is 4.60. The number of hydrogen-bond donors (Lipinski definition) is 1. The van der Waals surface area contributed by atoms with Crippen LogP contribution in [0, 0.1) is 11.8 Å². The fourth-order valence-electron chi connectivity index (χ4n) is 4.60. The molecule has 0 bridgehead atoms. The van der Waals surface area contributed by atoms with Crippen molar-refractivity contribution in [2.75, 3.05) is 45.9 Å². The Morgan fingerprint density at radius 1 is 0.938 bits per heavy atom. The maximum absolute atomic E-state index is 12.8. The minimum atomic E-state index is -5.08. The van der Waals surface area contributed by atoms with Crippen LogP contribution in [0.3, 0.4) is 0 Å². The summed E-state index contributed by atoms with van der Waals surface area (Å²) in [4.78, 5) is 40.4. The molecule has 5 aliphatic rings. The van der Waals surface area contributed by atoms with E-state index >= 15 is 0 Å². The number of nitrogens with zero attached hydrogens (tertiary/aromatic N) is 3. The lowest BCUT2D eigenvalue weighted by Gasteiger charge is -2.56. The molecule has 0 radical (unpaired) electrons. The number of aliphatic carboxylic acids is 1. The van der Waals surface area contributed by atoms with Gasteiger partial charge in [-0.05, 0) is 38.0 Å². The first kappa shape index (κ1) is 23.3. The molecule has 2 saturated carbocycles. The van der Waals surface area contributed by atoms with E-state index in [9.17, 15) is 22.8 Å². The predicted octanol–water partition coefficient (Wildman–Crippen LogP) is 1.34. The van der Waals surface area contributed by atoms with Crippen molar-refractivity contribution in [1.29, 1.82) is 0 Å². The summed E-state index contributed by atoms with van der Waals surface area (Å²) in [6.45, 7) is 5.56. The van der Waals surface area contributed by atoms with Gasteiger partial charge in [0.25, 0.3) is 0 Å². The van der Waals surface area contributed by atoms with Gasteiger partial charge in [0, 0.05) is 32.1 Å². The maximum Gasteiger partial charge on any atom is 0.490 e. The summed E-state index contributed by atoms with van der Waals surface area (Å²) in [5, 5.41) is 7.12. The van der Waals surface area contributed by atoms with E-state index in [-0.39, 0.29) is 23.5 Å². The Hall–Kier alpha value is -1.88. The zero-order valence-electron chi connectivity index (χ0n) is 18.0. The van der Waals surface area contributed by atoms with Gasteiger partial charge in [-0.25, -0.2) is 4.79 Å². The number of alkyl halides is 3. The lowest BCUT2D eigenvalue weighted by Crippen LogP contribution is -2.74. The molecular formula is C21H30F3N3O5. The van der Waals surface area contributed by atoms with Crippen molar-refractivity contribution in [2.24, 2.45) is 11.8 Å². The number of carbonyl (C=O) groups excluding carboxylic acids is 2. The van der Waals surface area contributed by atoms with Crippen LogP contribution in [0.1, 0.15) is 38.5 Å². The Labute approximate surface area is 184 Å². The van der Waals surface area contributed by atoms with Crippen molar-refractivity contribution >= 4 is 17.8 Å². The molecule has 8 nitrogen and oxygen atoms in total. The molecule has 2 aliphatic carbocycles. The molecule has 3 saturated heterocycles. The van der Waals surface area contributed by atoms with Gasteiger partial charge in [-0.2, -0.15) is 13.2 Å². The molecule has 180 valence electrons. The average molecular weight is 461 g/mol. The zero-order valence-corrected chi connectivity index (χ0v) is 18.0. The van der Waals surface area contributed by atoms with Gasteiger partial charge in [0.1, 0.15) is 11.6 Å². The highest BCUT2D eigenvalue weighted by Gasteiger charge is 2.54. The Morgan fingerprint density at radius 2 is 1.56 bits per heavy atom. The van der Waals surface area contributed by atoms with Crippen LogP contribution < -0.4 is 0 Å². The van der Waals surface area contributed by atoms with Crippen LogP contribution in [0.2, 0.25) is 0 Å². The quantitative estimate of drug-likeness (QED) is 0.680. The van der Waals surface area contributed by atoms with E-state index in [4.69, 9.17) is 14.6 Å². The highest BCUT2D eigenvalue weighted by atomic mass is 19.4. The number of hydrogen-bond acceptors (Lipinski definition) is 5. The van der Waals surface area contributed by atoms with Crippen LogP contribution in [0.5, 0.6) is 0 Å². The summed E-state index contributed by atoms with van der Waals surface area (Å²) in [6.07, 6.45) is 1.95. The smallest absolute Gasteiger partial charge is 0.475 e. The number of carbonyl (C=O) groups is 3. The van der Waals surface area contributed by atoms with Crippen molar-refractivity contribution in [2.45, 2.75) is 56.3 Å². The van der Waals surface area contributed by atoms with Crippen molar-refractivity contribution in [3.63, 3.8) is 0 Å². The van der Waals surface area contributed by atoms with Crippen LogP contribution in [0.25, 0.3) is 0 Å². The van der Waals surface area contributed by atoms with Crippen molar-refractivity contribution in [3.8, 4) is 0 Å². The predicted molar refractivity (Wildman–Crippen MR) is 106 cm³/mol. The summed E-state index contributed by atoms with van der Waals surface area (Å²) in [5.41, 5.74) is -0.222. The molecule has 1 unspecified atom stereocenters. The van der Waals surface area contributed by atoms with E-state index in [2.05, 4.69) is 4.90 Å². The van der Waals surface area contributed by atoms with Crippen LogP contribution in [0.4, 0.5) is 13.2 Å². The van der Waals surface area contributed by atoms with Gasteiger partial charge in [-0.1, -0.05) is 6.42 Å². The first-order valence-electron chi connectivity index (χ1n) is 11.3. The molecule has 5 fully saturated rings. The summed E-state index contributed by atoms with van der Waals surface area (Å²) in [7, 11) is 0. The van der Waals surface area contributed by atoms with Gasteiger partial charge in [-0.3, -0.25) is 14.5 Å². The van der Waals surface area contributed by atoms with Crippen molar-refractivity contribution in [1.82, 2.24) is 14.7 Å². The second-order valence-electron chi connectivity index (χ2n) is 9.69. The first-order chi connectivity index (χ1) is 15.1. The van der Waals surface area contributed by atoms with Gasteiger partial charge in [-0.15, -0.1) is 0 Å². The number of likely N-dealkylation sites (tertiary alicyclic amines) is 2. The van der Waals surface area contributed by atoms with E-state index in [1.807, 2.05) is 9.80 Å². The van der Waals surface area contributed by atoms with Gasteiger partial charge < -0.3 is 19.6 Å². The number of carboxylic acid groups (broad SMARTS) is 1. The molecule has 2 amide bonds. The van der Waals surface area contributed by atoms with Crippen LogP contribution in [-0.4, -0.2) is 101 Å². The number of carboxylic acids is 1. The Balaban J connectivity index is 0.000000307. The Kier molecular flexibility index (Phi) is 6.41. The molecule has 32 heavy (non-hydrogen) atoms. The summed E-state index contributed by atoms with van der Waals surface area (Å²) in [5.74, 6) is -1.15. The molecule has 3 aliphatic heterocycles. The van der Waals surface area contributed by atoms with E-state index in [1.54, 1.807) is 0 Å². The molecule has 1 N–H and O–H groups in total. The monoisotopic (exact) mass is 461 g/mol. The minimum Gasteiger partial charge on any atom is -0.475 e. The third kappa shape index (κ3) is 5.03. The molecule has 0 aromatic rings. The molecule has 5 rings (SSSR count). The molecule has 0 aromatic heterocycles. The molecule has 3 heterocycles. The number of ether oxygens (including phenoxy) is 1. The van der Waals surface area contributed by atoms with Crippen molar-refractivity contribution in [3.05, 3.63) is 0 Å². The fraction of sp³-hybridized carbons (Fsp3) is 0.857. The lowest BCUT2D eigenvalue weighted by atomic mass is 9.81. The zero-order chi connectivity index (χ0) is 23.1. The van der Waals surface area contributed by atoms with E-state index < -0.39 is 12.1 Å². The maximum atomic E-state index is 12.8. The topological polar surface area (TPSA) is 90.4 Å². The SMILES string of the molecule is O=C(C1CCC1)N1CC2(C1)CN(CC1CC1)C(C(=O)N1CCC1)CO2.O=C(O)C(F)(F)F. The largest absolute Gasteiger partial charge is 0.490 e. The van der Waals surface area contributed by atoms with Crippen molar-refractivity contribution < 1.29 is 37.4 Å². The first-order valence-corrected chi connectivity index (χ1v) is 11.3. The van der Waals surface area contributed by atoms with Crippen LogP contribution in [0.15, 0.2) is 0 Å². The van der Waals surface area contributed by atoms with E-state index in [0.29, 0.717) is 25.6 Å². The summed E-state index contributed by atoms with van der Waals surface area (Å²) in [6, 6.07) is -0.108. The lowest BCUT2D eigenvalue weighted by molar-refractivity contribution is -0.210. The standard InChI is InChI=1S/C19H29N3O3.C2HF3O2/c23-17(15-3-1-4-15)22-12-19(13-22)11-21(9-14-5-6-14)16(10-25-19)18(24)20-7-2-8-20;3-2(4,5)1(6)7/h14-16H,1-13H2;(H,6,7). The van der Waals surface area contributed by atoms with Crippen LogP contribution >= 0.6 is 0 Å². The van der Waals surface area contributed by atoms with E-state index in [1.165, 1.54) is 19.3 Å². The van der Waals surface area contributed by atoms with Gasteiger partial charge in [0.15, 0.2) is 0 Å². The molecule has 0 aromatic carbocycles. The Bertz CT molecular complexity index is 743. The number of morpholine rings is 1. The molecule has 1 atom stereocenters. The van der Waals surface area contributed by atoms with Gasteiger partial charge in [0.05, 0.1) is 19.7 Å². The highest BCUT2D eigenvalue weighted by molar-refractivity contribution is 5.83. The highest BCUT2D eigenvalue weighted by Crippen LogP contribution is 2.38. The second kappa shape index (κ2) is 8.81. The van der Waals surface area contributed by atoms with Crippen LogP contribution in [-0.2, 0) is 19.1 Å². The third-order valence-corrected chi connectivity index (χ3v) is 7.09. The Morgan fingerprint density at radius 3 is 2.00 bits per heavy atom. The number of rotatable bonds is 4. The van der Waals surface area contributed by atoms with Gasteiger partial charge in [0.2, 0.25) is 11.8 Å². The third-order valence-electron chi connectivity index (χ3n) is 7.09. The minimum absolute atomic E-state index is 0.108. The normalized spacial score (nSPS) is 27.5. The van der Waals surface area contributed by atoms with Gasteiger partial charge >= 0.3 is 12.1 Å².